The van der Waals surface area contributed by atoms with Gasteiger partial charge < -0.3 is 4.74 Å². The van der Waals surface area contributed by atoms with Crippen molar-refractivity contribution in [3.63, 3.8) is 0 Å². The molecule has 6 heteroatoms. The van der Waals surface area contributed by atoms with Gasteiger partial charge in [-0.05, 0) is 49.7 Å². The van der Waals surface area contributed by atoms with Crippen molar-refractivity contribution >= 4 is 23.2 Å². The lowest BCUT2D eigenvalue weighted by atomic mass is 10.2. The minimum Gasteiger partial charge on any atom is -0.483 e. The Balaban J connectivity index is 1.88. The van der Waals surface area contributed by atoms with Gasteiger partial charge in [0.1, 0.15) is 5.75 Å². The average Bonchev–Trinajstić information content (AvgIpc) is 2.52. The van der Waals surface area contributed by atoms with E-state index < -0.39 is 0 Å². The number of carbonyl (C=O) groups excluding carboxylic acids is 1. The molecule has 2 aromatic rings. The fraction of sp³-hybridized carbons (Fsp3) is 0.188. The van der Waals surface area contributed by atoms with E-state index in [0.29, 0.717) is 22.2 Å². The van der Waals surface area contributed by atoms with Crippen LogP contribution in [0, 0.1) is 6.92 Å². The fourth-order valence-corrected chi connectivity index (χ4v) is 1.96. The molecule has 0 atom stereocenters. The summed E-state index contributed by atoms with van der Waals surface area (Å²) in [6.45, 7) is 3.51. The Bertz CT molecular complexity index is 687. The molecule has 0 aliphatic carbocycles. The number of aromatic nitrogens is 1. The predicted octanol–water partition coefficient (Wildman–Crippen LogP) is 2.96. The number of ether oxygens (including phenoxy) is 1. The molecule has 0 radical (unpaired) electrons. The zero-order chi connectivity index (χ0) is 15.9. The monoisotopic (exact) mass is 317 g/mol. The number of nitrogens with one attached hydrogen (secondary N) is 1. The van der Waals surface area contributed by atoms with Crippen LogP contribution in [0.25, 0.3) is 0 Å². The van der Waals surface area contributed by atoms with Crippen molar-refractivity contribution in [3.05, 3.63) is 58.9 Å². The van der Waals surface area contributed by atoms with Gasteiger partial charge in [-0.15, -0.1) is 0 Å². The van der Waals surface area contributed by atoms with Crippen molar-refractivity contribution in [1.82, 2.24) is 10.4 Å². The van der Waals surface area contributed by atoms with Crippen LogP contribution in [0.1, 0.15) is 18.2 Å². The maximum Gasteiger partial charge on any atom is 0.277 e. The molecule has 0 bridgehead atoms. The molecule has 0 fully saturated rings. The molecule has 22 heavy (non-hydrogen) atoms. The van der Waals surface area contributed by atoms with Gasteiger partial charge in [-0.1, -0.05) is 17.7 Å². The molecule has 5 nitrogen and oxygen atoms in total. The lowest BCUT2D eigenvalue weighted by Crippen LogP contribution is -2.25. The highest BCUT2D eigenvalue weighted by atomic mass is 35.5. The van der Waals surface area contributed by atoms with E-state index in [0.717, 1.165) is 5.56 Å². The highest BCUT2D eigenvalue weighted by Gasteiger charge is 2.05. The van der Waals surface area contributed by atoms with Crippen LogP contribution in [0.3, 0.4) is 0 Å². The Hall–Kier alpha value is -2.40. The van der Waals surface area contributed by atoms with Crippen molar-refractivity contribution in [3.8, 4) is 5.75 Å². The second-order valence-electron chi connectivity index (χ2n) is 4.65. The number of hydrogen-bond acceptors (Lipinski definition) is 4. The summed E-state index contributed by atoms with van der Waals surface area (Å²) in [5.41, 5.74) is 4.64. The third kappa shape index (κ3) is 4.56. The Morgan fingerprint density at radius 3 is 2.86 bits per heavy atom. The number of aryl methyl sites for hydroxylation is 1. The Morgan fingerprint density at radius 2 is 2.18 bits per heavy atom. The molecule has 1 aromatic carbocycles. The quantitative estimate of drug-likeness (QED) is 0.681. The van der Waals surface area contributed by atoms with Gasteiger partial charge in [-0.3, -0.25) is 9.78 Å². The van der Waals surface area contributed by atoms with Gasteiger partial charge in [0, 0.05) is 11.2 Å². The number of rotatable bonds is 5. The summed E-state index contributed by atoms with van der Waals surface area (Å²) < 4.78 is 5.44. The van der Waals surface area contributed by atoms with Crippen LogP contribution in [-0.4, -0.2) is 23.2 Å². The van der Waals surface area contributed by atoms with Crippen LogP contribution < -0.4 is 10.2 Å². The summed E-state index contributed by atoms with van der Waals surface area (Å²) in [7, 11) is 0. The average molecular weight is 318 g/mol. The lowest BCUT2D eigenvalue weighted by Gasteiger charge is -2.08. The van der Waals surface area contributed by atoms with Crippen LogP contribution in [0.5, 0.6) is 5.75 Å². The second kappa shape index (κ2) is 7.56. The smallest absolute Gasteiger partial charge is 0.277 e. The number of amides is 1. The standard InChI is InChI=1S/C16H16ClN3O2/c1-11-9-13(17)6-7-15(11)22-10-16(21)20-19-12(2)14-5-3-4-8-18-14/h3-9H,10H2,1-2H3,(H,20,21)/b19-12+. The minimum absolute atomic E-state index is 0.124. The van der Waals surface area contributed by atoms with Crippen molar-refractivity contribution in [2.75, 3.05) is 6.61 Å². The van der Waals surface area contributed by atoms with Gasteiger partial charge in [0.25, 0.3) is 5.91 Å². The summed E-state index contributed by atoms with van der Waals surface area (Å²) in [6, 6.07) is 10.7. The number of hydrogen-bond donors (Lipinski definition) is 1. The SMILES string of the molecule is C/C(=N\NC(=O)COc1ccc(Cl)cc1C)c1ccccn1. The molecule has 0 aliphatic rings. The second-order valence-corrected chi connectivity index (χ2v) is 5.08. The number of hydrazone groups is 1. The molecular weight excluding hydrogens is 302 g/mol. The molecule has 1 N–H and O–H groups in total. The Morgan fingerprint density at radius 1 is 1.36 bits per heavy atom. The third-order valence-electron chi connectivity index (χ3n) is 2.88. The molecular formula is C16H16ClN3O2. The molecule has 1 aromatic heterocycles. The lowest BCUT2D eigenvalue weighted by molar-refractivity contribution is -0.123. The molecule has 1 heterocycles. The van der Waals surface area contributed by atoms with E-state index in [1.807, 2.05) is 25.1 Å². The third-order valence-corrected chi connectivity index (χ3v) is 3.11. The first-order valence-electron chi connectivity index (χ1n) is 6.70. The zero-order valence-electron chi connectivity index (χ0n) is 12.3. The largest absolute Gasteiger partial charge is 0.483 e. The maximum atomic E-state index is 11.7. The van der Waals surface area contributed by atoms with Crippen molar-refractivity contribution < 1.29 is 9.53 Å². The highest BCUT2D eigenvalue weighted by molar-refractivity contribution is 6.30. The first-order valence-corrected chi connectivity index (χ1v) is 7.07. The van der Waals surface area contributed by atoms with Gasteiger partial charge in [0.05, 0.1) is 11.4 Å². The maximum absolute atomic E-state index is 11.7. The first-order chi connectivity index (χ1) is 10.6. The van der Waals surface area contributed by atoms with Crippen LogP contribution in [0.2, 0.25) is 5.02 Å². The topological polar surface area (TPSA) is 63.6 Å². The van der Waals surface area contributed by atoms with Gasteiger partial charge in [-0.25, -0.2) is 5.43 Å². The molecule has 1 amide bonds. The van der Waals surface area contributed by atoms with E-state index in [2.05, 4.69) is 15.5 Å². The Labute approximate surface area is 134 Å². The minimum atomic E-state index is -0.343. The number of carbonyl (C=O) groups is 1. The van der Waals surface area contributed by atoms with Crippen LogP contribution in [-0.2, 0) is 4.79 Å². The summed E-state index contributed by atoms with van der Waals surface area (Å²) >= 11 is 5.86. The number of halogens is 1. The molecule has 114 valence electrons. The van der Waals surface area contributed by atoms with Crippen molar-refractivity contribution in [2.24, 2.45) is 5.10 Å². The first kappa shape index (κ1) is 16.0. The van der Waals surface area contributed by atoms with Crippen molar-refractivity contribution in [2.45, 2.75) is 13.8 Å². The molecule has 0 saturated carbocycles. The van der Waals surface area contributed by atoms with Crippen LogP contribution >= 0.6 is 11.6 Å². The fourth-order valence-electron chi connectivity index (χ4n) is 1.73. The summed E-state index contributed by atoms with van der Waals surface area (Å²) in [5, 5.41) is 4.63. The van der Waals surface area contributed by atoms with E-state index in [1.165, 1.54) is 0 Å². The van der Waals surface area contributed by atoms with Crippen LogP contribution in [0.4, 0.5) is 0 Å². The van der Waals surface area contributed by atoms with Gasteiger partial charge in [0.2, 0.25) is 0 Å². The van der Waals surface area contributed by atoms with Gasteiger partial charge in [0.15, 0.2) is 6.61 Å². The van der Waals surface area contributed by atoms with E-state index in [9.17, 15) is 4.79 Å². The number of benzene rings is 1. The number of nitrogens with zero attached hydrogens (tertiary/aromatic N) is 2. The normalized spacial score (nSPS) is 11.1. The molecule has 0 aliphatic heterocycles. The molecule has 2 rings (SSSR count). The van der Waals surface area contributed by atoms with E-state index in [4.69, 9.17) is 16.3 Å². The van der Waals surface area contributed by atoms with E-state index in [-0.39, 0.29) is 12.5 Å². The Kier molecular flexibility index (Phi) is 5.49. The van der Waals surface area contributed by atoms with Gasteiger partial charge >= 0.3 is 0 Å². The zero-order valence-corrected chi connectivity index (χ0v) is 13.1. The van der Waals surface area contributed by atoms with Crippen LogP contribution in [0.15, 0.2) is 47.7 Å². The molecule has 0 unspecified atom stereocenters. The number of pyridine rings is 1. The highest BCUT2D eigenvalue weighted by Crippen LogP contribution is 2.21. The van der Waals surface area contributed by atoms with Gasteiger partial charge in [-0.2, -0.15) is 5.10 Å². The summed E-state index contributed by atoms with van der Waals surface area (Å²) in [4.78, 5) is 15.9. The summed E-state index contributed by atoms with van der Waals surface area (Å²) in [6.07, 6.45) is 1.67. The molecule has 0 saturated heterocycles. The van der Waals surface area contributed by atoms with E-state index >= 15 is 0 Å². The summed E-state index contributed by atoms with van der Waals surface area (Å²) in [5.74, 6) is 0.273. The van der Waals surface area contributed by atoms with E-state index in [1.54, 1.807) is 31.3 Å². The molecule has 0 spiro atoms. The van der Waals surface area contributed by atoms with Crippen molar-refractivity contribution in [1.29, 1.82) is 0 Å². The predicted molar refractivity (Wildman–Crippen MR) is 86.3 cm³/mol.